The van der Waals surface area contributed by atoms with Crippen molar-refractivity contribution in [1.82, 2.24) is 5.64 Å². The van der Waals surface area contributed by atoms with Crippen LogP contribution < -0.4 is 5.64 Å². The van der Waals surface area contributed by atoms with E-state index in [2.05, 4.69) is 4.84 Å². The van der Waals surface area contributed by atoms with Gasteiger partial charge in [-0.1, -0.05) is 0 Å². The van der Waals surface area contributed by atoms with Crippen LogP contribution in [0.2, 0.25) is 0 Å². The summed E-state index contributed by atoms with van der Waals surface area (Å²) in [6.07, 6.45) is 0. The second-order valence-electron chi connectivity index (χ2n) is 0.305. The van der Waals surface area contributed by atoms with Crippen LogP contribution >= 0.6 is 0 Å². The number of nitrogens with one attached hydrogen (secondary N) is 1. The standard InChI is InChI=1S/CH3NO3/c3-1-5-2-4/h1-2,4H. The molecule has 0 spiro atoms. The Morgan fingerprint density at radius 1 is 2.00 bits per heavy atom. The largest absolute Gasteiger partial charge is 0.348 e. The van der Waals surface area contributed by atoms with Crippen LogP contribution in [0.3, 0.4) is 0 Å². The average molecular weight is 77.0 g/mol. The second kappa shape index (κ2) is 3.39. The number of rotatable bonds is 2. The van der Waals surface area contributed by atoms with Crippen LogP contribution in [-0.4, -0.2) is 11.7 Å². The third kappa shape index (κ3) is 3.39. The molecule has 30 valence electrons. The summed E-state index contributed by atoms with van der Waals surface area (Å²) in [5.74, 6) is 0. The first kappa shape index (κ1) is 4.39. The number of carbonyl (C=O) groups excluding carboxylic acids is 1. The molecule has 0 saturated carbocycles. The van der Waals surface area contributed by atoms with Gasteiger partial charge in [-0.05, 0) is 5.64 Å². The predicted octanol–water partition coefficient (Wildman–Crippen LogP) is -0.947. The maximum absolute atomic E-state index is 8.96. The Hall–Kier alpha value is -0.610. The van der Waals surface area contributed by atoms with Gasteiger partial charge in [0, 0.05) is 0 Å². The third-order valence-corrected chi connectivity index (χ3v) is 0.101. The summed E-state index contributed by atoms with van der Waals surface area (Å²) in [6.45, 7) is 0.0694. The minimum Gasteiger partial charge on any atom is -0.348 e. The van der Waals surface area contributed by atoms with Crippen molar-refractivity contribution in [3.63, 3.8) is 0 Å². The number of carbonyl (C=O) groups is 1. The highest BCUT2D eigenvalue weighted by atomic mass is 16.8. The monoisotopic (exact) mass is 77.0 g/mol. The molecule has 0 fully saturated rings. The van der Waals surface area contributed by atoms with Gasteiger partial charge in [-0.2, -0.15) is 0 Å². The molecule has 0 radical (unpaired) electrons. The van der Waals surface area contributed by atoms with Gasteiger partial charge in [-0.3, -0.25) is 10.0 Å². The summed E-state index contributed by atoms with van der Waals surface area (Å²) in [4.78, 5) is 12.4. The van der Waals surface area contributed by atoms with Crippen molar-refractivity contribution in [1.29, 1.82) is 0 Å². The van der Waals surface area contributed by atoms with E-state index in [1.807, 2.05) is 0 Å². The van der Waals surface area contributed by atoms with Crippen molar-refractivity contribution >= 4 is 6.47 Å². The number of hydrogen-bond donors (Lipinski definition) is 2. The zero-order chi connectivity index (χ0) is 4.12. The van der Waals surface area contributed by atoms with Crippen molar-refractivity contribution in [2.75, 3.05) is 0 Å². The number of hydrogen-bond acceptors (Lipinski definition) is 4. The molecule has 4 nitrogen and oxygen atoms in total. The fourth-order valence-electron chi connectivity index (χ4n) is 0.0215. The highest BCUT2D eigenvalue weighted by Crippen LogP contribution is 1.37. The van der Waals surface area contributed by atoms with Gasteiger partial charge in [-0.25, -0.2) is 0 Å². The first-order chi connectivity index (χ1) is 2.41. The Kier molecular flexibility index (Phi) is 2.98. The van der Waals surface area contributed by atoms with E-state index in [4.69, 9.17) is 10.0 Å². The molecule has 5 heavy (non-hydrogen) atoms. The Morgan fingerprint density at radius 2 is 2.60 bits per heavy atom. The summed E-state index contributed by atoms with van der Waals surface area (Å²) < 4.78 is 0. The van der Waals surface area contributed by atoms with Gasteiger partial charge < -0.3 is 4.84 Å². The molecule has 0 aromatic rings. The molecule has 0 bridgehead atoms. The molecule has 0 atom stereocenters. The van der Waals surface area contributed by atoms with Crippen LogP contribution in [0, 0.1) is 0 Å². The zero-order valence-corrected chi connectivity index (χ0v) is 2.34. The molecule has 0 amide bonds. The Morgan fingerprint density at radius 3 is 2.60 bits per heavy atom. The molecule has 0 rings (SSSR count). The van der Waals surface area contributed by atoms with Gasteiger partial charge in [0.15, 0.2) is 0 Å². The van der Waals surface area contributed by atoms with Gasteiger partial charge >= 0.3 is 6.47 Å². The molecule has 0 aliphatic carbocycles. The highest BCUT2D eigenvalue weighted by molar-refractivity contribution is 5.35. The summed E-state index contributed by atoms with van der Waals surface area (Å²) >= 11 is 0. The van der Waals surface area contributed by atoms with E-state index in [1.54, 1.807) is 0 Å². The van der Waals surface area contributed by atoms with Crippen LogP contribution in [0.15, 0.2) is 0 Å². The predicted molar refractivity (Wildman–Crippen MR) is 12.1 cm³/mol. The zero-order valence-electron chi connectivity index (χ0n) is 2.34. The van der Waals surface area contributed by atoms with E-state index in [9.17, 15) is 0 Å². The summed E-state index contributed by atoms with van der Waals surface area (Å²) in [5.41, 5.74) is 1.15. The van der Waals surface area contributed by atoms with Crippen molar-refractivity contribution < 1.29 is 14.8 Å². The highest BCUT2D eigenvalue weighted by Gasteiger charge is 1.59. The van der Waals surface area contributed by atoms with Gasteiger partial charge in [0.05, 0.1) is 0 Å². The van der Waals surface area contributed by atoms with E-state index < -0.39 is 0 Å². The topological polar surface area (TPSA) is 58.6 Å². The molecule has 0 aromatic carbocycles. The molecule has 0 heterocycles. The van der Waals surface area contributed by atoms with Crippen LogP contribution in [0.25, 0.3) is 0 Å². The molecule has 0 unspecified atom stereocenters. The maximum Gasteiger partial charge on any atom is 0.315 e. The van der Waals surface area contributed by atoms with Gasteiger partial charge in [0.2, 0.25) is 0 Å². The second-order valence-corrected chi connectivity index (χ2v) is 0.305. The minimum atomic E-state index is 0.0694. The van der Waals surface area contributed by atoms with Crippen molar-refractivity contribution in [3.05, 3.63) is 0 Å². The Bertz CT molecular complexity index is 28.1. The SMILES string of the molecule is O=CONO. The average Bonchev–Trinajstić information content (AvgIpc) is 1.41. The smallest absolute Gasteiger partial charge is 0.315 e. The summed E-state index contributed by atoms with van der Waals surface area (Å²) in [6, 6.07) is 0. The lowest BCUT2D eigenvalue weighted by Crippen LogP contribution is -2.04. The van der Waals surface area contributed by atoms with E-state index >= 15 is 0 Å². The van der Waals surface area contributed by atoms with E-state index in [1.165, 1.54) is 0 Å². The van der Waals surface area contributed by atoms with E-state index in [0.29, 0.717) is 0 Å². The molecule has 0 aliphatic rings. The summed E-state index contributed by atoms with van der Waals surface area (Å²) in [5, 5.41) is 7.36. The Balaban J connectivity index is 2.40. The van der Waals surface area contributed by atoms with Crippen LogP contribution in [-0.2, 0) is 9.63 Å². The van der Waals surface area contributed by atoms with Gasteiger partial charge in [0.25, 0.3) is 0 Å². The van der Waals surface area contributed by atoms with Crippen molar-refractivity contribution in [2.45, 2.75) is 0 Å². The van der Waals surface area contributed by atoms with E-state index in [-0.39, 0.29) is 6.47 Å². The maximum atomic E-state index is 8.96. The van der Waals surface area contributed by atoms with Gasteiger partial charge in [0.1, 0.15) is 0 Å². The lowest BCUT2D eigenvalue weighted by atomic mass is 11.6. The van der Waals surface area contributed by atoms with Crippen LogP contribution in [0.5, 0.6) is 0 Å². The van der Waals surface area contributed by atoms with E-state index in [0.717, 1.165) is 5.64 Å². The summed E-state index contributed by atoms with van der Waals surface area (Å²) in [7, 11) is 0. The van der Waals surface area contributed by atoms with Crippen LogP contribution in [0.4, 0.5) is 0 Å². The quantitative estimate of drug-likeness (QED) is 0.329. The minimum absolute atomic E-state index is 0.0694. The molecule has 0 aliphatic heterocycles. The van der Waals surface area contributed by atoms with Gasteiger partial charge in [-0.15, -0.1) is 0 Å². The Labute approximate surface area is 28.3 Å². The molecule has 0 saturated heterocycles. The lowest BCUT2D eigenvalue weighted by molar-refractivity contribution is -0.160. The normalized spacial score (nSPS) is 6.60. The molecule has 2 N–H and O–H groups in total. The fraction of sp³-hybridized carbons (Fsp3) is 0. The third-order valence-electron chi connectivity index (χ3n) is 0.101. The molecule has 4 heteroatoms. The first-order valence-corrected chi connectivity index (χ1v) is 0.899. The molecule has 0 aromatic heterocycles. The van der Waals surface area contributed by atoms with Crippen molar-refractivity contribution in [3.8, 4) is 0 Å². The fourth-order valence-corrected chi connectivity index (χ4v) is 0.0215. The van der Waals surface area contributed by atoms with Crippen molar-refractivity contribution in [2.24, 2.45) is 0 Å². The van der Waals surface area contributed by atoms with Crippen LogP contribution in [0.1, 0.15) is 0 Å². The first-order valence-electron chi connectivity index (χ1n) is 0.899. The molecular formula is CH3NO3. The molecular weight excluding hydrogens is 74.0 g/mol. The lowest BCUT2D eigenvalue weighted by Gasteiger charge is -1.80.